The van der Waals surface area contributed by atoms with E-state index in [2.05, 4.69) is 5.32 Å². The summed E-state index contributed by atoms with van der Waals surface area (Å²) in [4.78, 5) is 33.4. The minimum absolute atomic E-state index is 0.104. The van der Waals surface area contributed by atoms with Gasteiger partial charge >= 0.3 is 5.97 Å². The molecule has 1 aromatic rings. The molecule has 0 aliphatic carbocycles. The van der Waals surface area contributed by atoms with Crippen molar-refractivity contribution >= 4 is 40.2 Å². The molecule has 0 heterocycles. The number of non-ortho nitro benzene ring substituents is 1. The van der Waals surface area contributed by atoms with Crippen LogP contribution < -0.4 is 5.32 Å². The number of hydrogen-bond acceptors (Lipinski definition) is 4. The number of aliphatic carboxylic acids is 1. The molecule has 0 spiro atoms. The molecular formula is C13H15IN2O5. The number of carbonyl (C=O) groups excluding carboxylic acids is 1. The van der Waals surface area contributed by atoms with Gasteiger partial charge in [0, 0.05) is 15.7 Å². The zero-order valence-corrected chi connectivity index (χ0v) is 13.5. The summed E-state index contributed by atoms with van der Waals surface area (Å²) < 4.78 is 0.523. The zero-order valence-electron chi connectivity index (χ0n) is 11.3. The Morgan fingerprint density at radius 1 is 1.48 bits per heavy atom. The second kappa shape index (κ2) is 7.91. The van der Waals surface area contributed by atoms with Gasteiger partial charge in [-0.15, -0.1) is 0 Å². The first-order valence-corrected chi connectivity index (χ1v) is 7.42. The summed E-state index contributed by atoms with van der Waals surface area (Å²) in [5, 5.41) is 22.2. The number of amides is 1. The van der Waals surface area contributed by atoms with Crippen LogP contribution in [0.4, 0.5) is 5.69 Å². The number of nitrogens with one attached hydrogen (secondary N) is 1. The molecule has 0 saturated carbocycles. The van der Waals surface area contributed by atoms with Crippen LogP contribution >= 0.6 is 22.6 Å². The molecule has 0 aliphatic rings. The average Bonchev–Trinajstić information content (AvgIpc) is 2.42. The van der Waals surface area contributed by atoms with Crippen molar-refractivity contribution in [2.75, 3.05) is 0 Å². The number of carboxylic acid groups (broad SMARTS) is 1. The monoisotopic (exact) mass is 406 g/mol. The van der Waals surface area contributed by atoms with Crippen LogP contribution in [-0.4, -0.2) is 27.9 Å². The van der Waals surface area contributed by atoms with E-state index in [1.807, 2.05) is 29.5 Å². The van der Waals surface area contributed by atoms with Crippen molar-refractivity contribution in [2.45, 2.75) is 32.2 Å². The summed E-state index contributed by atoms with van der Waals surface area (Å²) in [7, 11) is 0. The summed E-state index contributed by atoms with van der Waals surface area (Å²) >= 11 is 1.88. The lowest BCUT2D eigenvalue weighted by Gasteiger charge is -2.14. The Balaban J connectivity index is 2.94. The molecule has 1 amide bonds. The van der Waals surface area contributed by atoms with Gasteiger partial charge in [0.1, 0.15) is 6.04 Å². The molecule has 0 aliphatic heterocycles. The van der Waals surface area contributed by atoms with Crippen molar-refractivity contribution in [3.8, 4) is 0 Å². The van der Waals surface area contributed by atoms with Gasteiger partial charge in [-0.2, -0.15) is 0 Å². The zero-order chi connectivity index (χ0) is 16.0. The van der Waals surface area contributed by atoms with E-state index in [4.69, 9.17) is 5.11 Å². The highest BCUT2D eigenvalue weighted by atomic mass is 127. The van der Waals surface area contributed by atoms with Crippen LogP contribution in [0.2, 0.25) is 0 Å². The molecule has 0 aromatic heterocycles. The first-order valence-electron chi connectivity index (χ1n) is 6.34. The summed E-state index contributed by atoms with van der Waals surface area (Å²) in [6, 6.07) is 2.91. The molecule has 1 rings (SSSR count). The van der Waals surface area contributed by atoms with E-state index in [0.717, 1.165) is 12.5 Å². The van der Waals surface area contributed by atoms with Crippen molar-refractivity contribution in [3.63, 3.8) is 0 Å². The van der Waals surface area contributed by atoms with Gasteiger partial charge in [0.2, 0.25) is 0 Å². The van der Waals surface area contributed by atoms with Gasteiger partial charge in [0.25, 0.3) is 11.6 Å². The Bertz CT molecular complexity index is 561. The van der Waals surface area contributed by atoms with E-state index >= 15 is 0 Å². The third-order valence-corrected chi connectivity index (χ3v) is 3.80. The van der Waals surface area contributed by atoms with Crippen molar-refractivity contribution in [2.24, 2.45) is 0 Å². The molecule has 1 aromatic carbocycles. The molecule has 114 valence electrons. The van der Waals surface area contributed by atoms with Crippen molar-refractivity contribution < 1.29 is 19.6 Å². The Morgan fingerprint density at radius 2 is 2.14 bits per heavy atom. The number of hydrogen-bond donors (Lipinski definition) is 2. The minimum atomic E-state index is -1.11. The molecule has 1 atom stereocenters. The van der Waals surface area contributed by atoms with Gasteiger partial charge < -0.3 is 10.4 Å². The normalized spacial score (nSPS) is 11.7. The maximum atomic E-state index is 12.1. The van der Waals surface area contributed by atoms with Crippen molar-refractivity contribution in [1.82, 2.24) is 5.32 Å². The number of carboxylic acids is 1. The highest BCUT2D eigenvalue weighted by Gasteiger charge is 2.22. The molecule has 7 nitrogen and oxygen atoms in total. The number of nitro benzene ring substituents is 1. The molecule has 8 heteroatoms. The maximum Gasteiger partial charge on any atom is 0.326 e. The van der Waals surface area contributed by atoms with Crippen LogP contribution in [-0.2, 0) is 4.79 Å². The lowest BCUT2D eigenvalue weighted by molar-refractivity contribution is -0.384. The van der Waals surface area contributed by atoms with Crippen LogP contribution in [0, 0.1) is 13.7 Å². The number of nitrogens with zero attached hydrogens (tertiary/aromatic N) is 1. The van der Waals surface area contributed by atoms with Crippen LogP contribution in [0.1, 0.15) is 36.5 Å². The Morgan fingerprint density at radius 3 is 2.67 bits per heavy atom. The topological polar surface area (TPSA) is 110 Å². The standard InChI is InChI=1S/C13H15IN2O5/c1-2-3-4-11(13(18)19)15-12(17)9-7-8(16(20)21)5-6-10(9)14/h5-7,11H,2-4H2,1H3,(H,15,17)(H,18,19)/t11-/m0/s1. The predicted octanol–water partition coefficient (Wildman–Crippen LogP) is 2.57. The Labute approximate surface area is 135 Å². The van der Waals surface area contributed by atoms with Gasteiger partial charge in [-0.3, -0.25) is 14.9 Å². The van der Waals surface area contributed by atoms with Gasteiger partial charge in [0.15, 0.2) is 0 Å². The summed E-state index contributed by atoms with van der Waals surface area (Å²) in [5.74, 6) is -1.73. The molecular weight excluding hydrogens is 391 g/mol. The second-order valence-corrected chi connectivity index (χ2v) is 5.59. The fourth-order valence-corrected chi connectivity index (χ4v) is 2.28. The third-order valence-electron chi connectivity index (χ3n) is 2.86. The lowest BCUT2D eigenvalue weighted by atomic mass is 10.1. The number of benzene rings is 1. The van der Waals surface area contributed by atoms with E-state index in [9.17, 15) is 19.7 Å². The quantitative estimate of drug-likeness (QED) is 0.411. The van der Waals surface area contributed by atoms with Crippen LogP contribution in [0.25, 0.3) is 0 Å². The molecule has 0 saturated heterocycles. The fraction of sp³-hybridized carbons (Fsp3) is 0.385. The largest absolute Gasteiger partial charge is 0.480 e. The number of halogens is 1. The van der Waals surface area contributed by atoms with E-state index in [1.54, 1.807) is 0 Å². The molecule has 0 fully saturated rings. The highest BCUT2D eigenvalue weighted by molar-refractivity contribution is 14.1. The minimum Gasteiger partial charge on any atom is -0.480 e. The lowest BCUT2D eigenvalue weighted by Crippen LogP contribution is -2.41. The van der Waals surface area contributed by atoms with Crippen LogP contribution in [0.5, 0.6) is 0 Å². The number of nitro groups is 1. The molecule has 2 N–H and O–H groups in total. The van der Waals surface area contributed by atoms with Crippen LogP contribution in [0.3, 0.4) is 0 Å². The molecule has 0 radical (unpaired) electrons. The average molecular weight is 406 g/mol. The predicted molar refractivity (Wildman–Crippen MR) is 84.2 cm³/mol. The van der Waals surface area contributed by atoms with Gasteiger partial charge in [-0.1, -0.05) is 19.8 Å². The number of rotatable bonds is 7. The number of unbranched alkanes of at least 4 members (excludes halogenated alkanes) is 1. The Hall–Kier alpha value is -1.71. The van der Waals surface area contributed by atoms with Crippen molar-refractivity contribution in [1.29, 1.82) is 0 Å². The molecule has 0 bridgehead atoms. The number of carbonyl (C=O) groups is 2. The van der Waals surface area contributed by atoms with Gasteiger partial charge in [-0.25, -0.2) is 4.79 Å². The van der Waals surface area contributed by atoms with Gasteiger partial charge in [-0.05, 0) is 35.1 Å². The first-order chi connectivity index (χ1) is 9.86. The third kappa shape index (κ3) is 4.96. The fourth-order valence-electron chi connectivity index (χ4n) is 1.70. The SMILES string of the molecule is CCCC[C@H](NC(=O)c1cc([N+](=O)[O-])ccc1I)C(=O)O. The smallest absolute Gasteiger partial charge is 0.326 e. The van der Waals surface area contributed by atoms with E-state index in [1.165, 1.54) is 12.1 Å². The van der Waals surface area contributed by atoms with E-state index in [0.29, 0.717) is 16.4 Å². The Kier molecular flexibility index (Phi) is 6.53. The van der Waals surface area contributed by atoms with E-state index in [-0.39, 0.29) is 11.3 Å². The van der Waals surface area contributed by atoms with Crippen molar-refractivity contribution in [3.05, 3.63) is 37.4 Å². The van der Waals surface area contributed by atoms with Crippen LogP contribution in [0.15, 0.2) is 18.2 Å². The summed E-state index contributed by atoms with van der Waals surface area (Å²) in [5.41, 5.74) is -0.103. The molecule has 0 unspecified atom stereocenters. The maximum absolute atomic E-state index is 12.1. The van der Waals surface area contributed by atoms with E-state index < -0.39 is 22.8 Å². The summed E-state index contributed by atoms with van der Waals surface area (Å²) in [6.45, 7) is 1.92. The molecule has 21 heavy (non-hydrogen) atoms. The summed E-state index contributed by atoms with van der Waals surface area (Å²) in [6.07, 6.45) is 1.81. The second-order valence-electron chi connectivity index (χ2n) is 4.43. The van der Waals surface area contributed by atoms with Gasteiger partial charge in [0.05, 0.1) is 10.5 Å². The first kappa shape index (κ1) is 17.3. The highest BCUT2D eigenvalue weighted by Crippen LogP contribution is 2.19.